The van der Waals surface area contributed by atoms with E-state index in [1.54, 1.807) is 24.6 Å². The Balaban J connectivity index is 1.25. The van der Waals surface area contributed by atoms with Gasteiger partial charge in [-0.3, -0.25) is 43.3 Å². The van der Waals surface area contributed by atoms with Crippen molar-refractivity contribution in [2.45, 2.75) is 143 Å². The molecule has 1 aromatic heterocycles. The molecule has 0 aliphatic carbocycles. The predicted octanol–water partition coefficient (Wildman–Crippen LogP) is 4.08. The summed E-state index contributed by atoms with van der Waals surface area (Å²) < 4.78 is 31.2. The lowest BCUT2D eigenvalue weighted by Gasteiger charge is -2.40. The number of aliphatic carboxylic acids is 1. The summed E-state index contributed by atoms with van der Waals surface area (Å²) in [7, 11) is 0. The van der Waals surface area contributed by atoms with E-state index in [0.29, 0.717) is 31.5 Å². The van der Waals surface area contributed by atoms with E-state index in [4.69, 9.17) is 10.7 Å². The van der Waals surface area contributed by atoms with Crippen molar-refractivity contribution in [2.75, 3.05) is 26.2 Å². The first-order valence-electron chi connectivity index (χ1n) is 26.0. The van der Waals surface area contributed by atoms with E-state index in [1.807, 2.05) is 51.1 Å². The van der Waals surface area contributed by atoms with Crippen molar-refractivity contribution in [1.29, 1.82) is 0 Å². The Morgan fingerprint density at radius 2 is 1.49 bits per heavy atom. The molecule has 0 bridgehead atoms. The fraction of sp³-hybridized carbons (Fsp3) is 0.527. The monoisotopic (exact) mass is 1080 g/mol. The second kappa shape index (κ2) is 29.4. The maximum absolute atomic E-state index is 15.1. The summed E-state index contributed by atoms with van der Waals surface area (Å²) >= 11 is 0. The molecule has 0 saturated carbocycles. The van der Waals surface area contributed by atoms with Crippen LogP contribution in [0.3, 0.4) is 0 Å². The quantitative estimate of drug-likeness (QED) is 0.0354. The number of carboxylic acids is 1. The summed E-state index contributed by atoms with van der Waals surface area (Å²) in [4.78, 5) is 122. The van der Waals surface area contributed by atoms with Gasteiger partial charge in [0.15, 0.2) is 5.78 Å². The van der Waals surface area contributed by atoms with E-state index < -0.39 is 95.2 Å². The first-order chi connectivity index (χ1) is 36.3. The average molecular weight is 1080 g/mol. The molecule has 1 aliphatic heterocycles. The van der Waals surface area contributed by atoms with Gasteiger partial charge in [0.25, 0.3) is 11.8 Å². The third-order valence-electron chi connectivity index (χ3n) is 13.1. The molecule has 2 aromatic carbocycles. The largest absolute Gasteiger partial charge is 0.480 e. The molecule has 0 saturated heterocycles. The summed E-state index contributed by atoms with van der Waals surface area (Å²) in [5, 5.41) is 30.5. The molecule has 420 valence electrons. The molecular formula is C55H75F2N9O11. The van der Waals surface area contributed by atoms with Crippen LogP contribution in [0.25, 0.3) is 11.3 Å². The number of hydrogen-bond donors (Lipinski definition) is 7. The van der Waals surface area contributed by atoms with Crippen LogP contribution in [-0.4, -0.2) is 133 Å². The molecular weight excluding hydrogens is 1000 g/mol. The number of imidazole rings is 1. The van der Waals surface area contributed by atoms with Gasteiger partial charge in [0.1, 0.15) is 36.1 Å². The number of hydrogen-bond acceptors (Lipinski definition) is 12. The SMILES string of the molecule is CC(C)[C@H](NC(=O)CCCCCN1C(=O)C=CC1=O)C(=O)C[C@@H](C)C(=O)N[C@@H](CCCCNC(=O)[C@@H](C)NC(=O)[C@@H](N)CCN(C(=O)CO)[C@@H](c1nc(-c2cc(F)ccc2F)cn1Cc1ccccc1)C(C)(C)C)C(=O)O. The van der Waals surface area contributed by atoms with Gasteiger partial charge in [-0.2, -0.15) is 0 Å². The van der Waals surface area contributed by atoms with Crippen molar-refractivity contribution in [3.63, 3.8) is 0 Å². The molecule has 0 spiro atoms. The van der Waals surface area contributed by atoms with Crippen LogP contribution in [0.4, 0.5) is 8.78 Å². The van der Waals surface area contributed by atoms with Gasteiger partial charge in [-0.25, -0.2) is 18.6 Å². The third-order valence-corrected chi connectivity index (χ3v) is 13.1. The Morgan fingerprint density at radius 1 is 0.818 bits per heavy atom. The number of benzene rings is 2. The number of ketones is 1. The molecule has 22 heteroatoms. The van der Waals surface area contributed by atoms with E-state index >= 15 is 4.39 Å². The average Bonchev–Trinajstić information content (AvgIpc) is 3.93. The molecule has 0 fully saturated rings. The second-order valence-corrected chi connectivity index (χ2v) is 20.9. The van der Waals surface area contributed by atoms with Crippen LogP contribution in [0.2, 0.25) is 0 Å². The molecule has 2 heterocycles. The van der Waals surface area contributed by atoms with Gasteiger partial charge in [-0.1, -0.05) is 78.3 Å². The molecule has 6 atom stereocenters. The van der Waals surface area contributed by atoms with E-state index in [1.165, 1.54) is 30.9 Å². The zero-order valence-electron chi connectivity index (χ0n) is 45.0. The molecule has 1 aliphatic rings. The molecule has 8 N–H and O–H groups in total. The number of carboxylic acid groups (broad SMARTS) is 1. The zero-order valence-corrected chi connectivity index (χ0v) is 45.0. The number of halogens is 2. The van der Waals surface area contributed by atoms with Crippen LogP contribution in [-0.2, 0) is 49.7 Å². The van der Waals surface area contributed by atoms with E-state index in [0.717, 1.165) is 28.7 Å². The Morgan fingerprint density at radius 3 is 2.12 bits per heavy atom. The van der Waals surface area contributed by atoms with Crippen molar-refractivity contribution >= 4 is 53.1 Å². The highest BCUT2D eigenvalue weighted by molar-refractivity contribution is 6.12. The lowest BCUT2D eigenvalue weighted by atomic mass is 9.84. The van der Waals surface area contributed by atoms with Crippen molar-refractivity contribution in [3.8, 4) is 11.3 Å². The first-order valence-corrected chi connectivity index (χ1v) is 26.0. The number of nitrogens with zero attached hydrogens (tertiary/aromatic N) is 4. The molecule has 4 rings (SSSR count). The Labute approximate surface area is 448 Å². The normalized spacial score (nSPS) is 14.8. The van der Waals surface area contributed by atoms with Crippen LogP contribution in [0, 0.1) is 28.9 Å². The third kappa shape index (κ3) is 18.8. The Bertz CT molecular complexity index is 2580. The maximum Gasteiger partial charge on any atom is 0.326 e. The number of aliphatic hydroxyl groups excluding tert-OH is 1. The van der Waals surface area contributed by atoms with Crippen LogP contribution in [0.15, 0.2) is 66.9 Å². The molecule has 0 radical (unpaired) electrons. The smallest absolute Gasteiger partial charge is 0.326 e. The van der Waals surface area contributed by atoms with E-state index in [-0.39, 0.29) is 93.2 Å². The number of amides is 7. The number of carbonyl (C=O) groups excluding carboxylic acids is 8. The fourth-order valence-corrected chi connectivity index (χ4v) is 8.84. The number of unbranched alkanes of at least 4 members (excludes halogenated alkanes) is 3. The maximum atomic E-state index is 15.1. The molecule has 20 nitrogen and oxygen atoms in total. The van der Waals surface area contributed by atoms with Gasteiger partial charge in [0, 0.05) is 68.9 Å². The summed E-state index contributed by atoms with van der Waals surface area (Å²) in [5.74, 6) is -7.73. The van der Waals surface area contributed by atoms with Gasteiger partial charge in [0.05, 0.1) is 23.8 Å². The highest BCUT2D eigenvalue weighted by Crippen LogP contribution is 2.39. The van der Waals surface area contributed by atoms with Gasteiger partial charge < -0.3 is 46.7 Å². The number of aliphatic hydroxyl groups is 1. The number of aromatic nitrogens is 2. The number of rotatable bonds is 31. The number of Topliss-reactive ketones (excluding diaryl/α,β-unsaturated/α-hetero) is 1. The van der Waals surface area contributed by atoms with Crippen molar-refractivity contribution in [2.24, 2.45) is 23.0 Å². The molecule has 77 heavy (non-hydrogen) atoms. The highest BCUT2D eigenvalue weighted by Gasteiger charge is 2.39. The molecule has 0 unspecified atom stereocenters. The summed E-state index contributed by atoms with van der Waals surface area (Å²) in [5.41, 5.74) is 6.42. The minimum atomic E-state index is -1.30. The topological polar surface area (TPSA) is 293 Å². The van der Waals surface area contributed by atoms with Crippen LogP contribution in [0.1, 0.15) is 124 Å². The lowest BCUT2D eigenvalue weighted by molar-refractivity contribution is -0.143. The van der Waals surface area contributed by atoms with Crippen molar-refractivity contribution in [1.82, 2.24) is 40.6 Å². The number of nitrogens with two attached hydrogens (primary N) is 1. The zero-order chi connectivity index (χ0) is 57.1. The Kier molecular flexibility index (Phi) is 23.8. The fourth-order valence-electron chi connectivity index (χ4n) is 8.84. The van der Waals surface area contributed by atoms with Crippen LogP contribution >= 0.6 is 0 Å². The highest BCUT2D eigenvalue weighted by atomic mass is 19.1. The van der Waals surface area contributed by atoms with Gasteiger partial charge in [0.2, 0.25) is 29.5 Å². The van der Waals surface area contributed by atoms with Crippen molar-refractivity contribution in [3.05, 3.63) is 89.9 Å². The summed E-state index contributed by atoms with van der Waals surface area (Å²) in [6.07, 6.45) is 5.84. The first kappa shape index (κ1) is 62.3. The Hall–Kier alpha value is -7.20. The number of imide groups is 1. The number of nitrogens with one attached hydrogen (secondary N) is 4. The predicted molar refractivity (Wildman–Crippen MR) is 281 cm³/mol. The van der Waals surface area contributed by atoms with Crippen LogP contribution < -0.4 is 27.0 Å². The minimum absolute atomic E-state index is 0.00151. The van der Waals surface area contributed by atoms with E-state index in [9.17, 15) is 57.8 Å². The lowest BCUT2D eigenvalue weighted by Crippen LogP contribution is -2.52. The van der Waals surface area contributed by atoms with Crippen LogP contribution in [0.5, 0.6) is 0 Å². The second-order valence-electron chi connectivity index (χ2n) is 20.9. The standard InChI is InChI=1S/C55H75F2N9O11/c1-33(2)48(63-44(69)19-12-9-15-26-65-45(70)22-23-46(65)71)43(68)28-34(3)51(73)62-41(54(76)77)18-13-14-25-59-52(74)35(4)60-53(75)40(58)24-27-66(47(72)32-67)49(55(5,6)7)50-61-42(38-29-37(56)20-21-39(38)57)31-64(50)30-36-16-10-8-11-17-36/h8,10-11,16-17,20-23,29,31,33-35,40-41,48-49,67H,9,12-15,18-19,24-28,30,32,58H2,1-7H3,(H,59,74)(H,60,75)(H,62,73)(H,63,69)(H,76,77)/t34-,35-,40+,41+,48+,49+/m1/s1. The minimum Gasteiger partial charge on any atom is -0.480 e. The summed E-state index contributed by atoms with van der Waals surface area (Å²) in [6, 6.07) is 6.95. The van der Waals surface area contributed by atoms with Crippen molar-refractivity contribution < 1.29 is 62.1 Å². The molecule has 7 amide bonds. The summed E-state index contributed by atoms with van der Waals surface area (Å²) in [6.45, 7) is 11.5. The van der Waals surface area contributed by atoms with Gasteiger partial charge >= 0.3 is 5.97 Å². The van der Waals surface area contributed by atoms with E-state index in [2.05, 4.69) is 21.3 Å². The van der Waals surface area contributed by atoms with Gasteiger partial charge in [-0.15, -0.1) is 0 Å². The molecule has 3 aromatic rings. The number of carbonyl (C=O) groups is 9. The van der Waals surface area contributed by atoms with Gasteiger partial charge in [-0.05, 0) is 80.5 Å².